The number of amides is 2. The minimum absolute atomic E-state index is 0.0291. The van der Waals surface area contributed by atoms with Gasteiger partial charge in [-0.3, -0.25) is 9.59 Å². The van der Waals surface area contributed by atoms with Gasteiger partial charge in [0.2, 0.25) is 5.91 Å². The average molecular weight is 360 g/mol. The van der Waals surface area contributed by atoms with Crippen molar-refractivity contribution in [3.05, 3.63) is 35.4 Å². The zero-order chi connectivity index (χ0) is 18.5. The number of carbonyl (C=O) groups excluding carboxylic acids is 3. The Morgan fingerprint density at radius 3 is 2.31 bits per heavy atom. The predicted octanol–water partition coefficient (Wildman–Crippen LogP) is 1.18. The summed E-state index contributed by atoms with van der Waals surface area (Å²) in [5, 5.41) is 0. The molecule has 1 aromatic carbocycles. The molecule has 0 N–H and O–H groups in total. The summed E-state index contributed by atoms with van der Waals surface area (Å²) in [5.41, 5.74) is 0.821. The van der Waals surface area contributed by atoms with Gasteiger partial charge in [0, 0.05) is 37.7 Å². The van der Waals surface area contributed by atoms with Gasteiger partial charge in [-0.1, -0.05) is 6.07 Å². The predicted molar refractivity (Wildman–Crippen MR) is 93.8 cm³/mol. The fourth-order valence-electron chi connectivity index (χ4n) is 3.45. The Balaban J connectivity index is 1.58. The van der Waals surface area contributed by atoms with Crippen LogP contribution in [0.4, 0.5) is 0 Å². The summed E-state index contributed by atoms with van der Waals surface area (Å²) in [6.45, 7) is 3.58. The Labute approximate surface area is 152 Å². The molecule has 0 aliphatic carbocycles. The van der Waals surface area contributed by atoms with Gasteiger partial charge >= 0.3 is 5.97 Å². The van der Waals surface area contributed by atoms with Crippen LogP contribution in [0.5, 0.6) is 0 Å². The second-order valence-electron chi connectivity index (χ2n) is 6.58. The number of hydrogen-bond donors (Lipinski definition) is 0. The second-order valence-corrected chi connectivity index (χ2v) is 6.58. The molecule has 0 bridgehead atoms. The number of nitrogens with zero attached hydrogens (tertiary/aromatic N) is 2. The zero-order valence-electron chi connectivity index (χ0n) is 15.0. The van der Waals surface area contributed by atoms with E-state index in [0.29, 0.717) is 63.4 Å². The van der Waals surface area contributed by atoms with Gasteiger partial charge in [0.15, 0.2) is 0 Å². The summed E-state index contributed by atoms with van der Waals surface area (Å²) in [6.07, 6.45) is 1.33. The third kappa shape index (κ3) is 4.04. The largest absolute Gasteiger partial charge is 0.465 e. The fraction of sp³-hybridized carbons (Fsp3) is 0.526. The van der Waals surface area contributed by atoms with Gasteiger partial charge in [-0.2, -0.15) is 0 Å². The molecule has 0 atom stereocenters. The van der Waals surface area contributed by atoms with Crippen LogP contribution in [-0.4, -0.2) is 74.1 Å². The van der Waals surface area contributed by atoms with E-state index in [2.05, 4.69) is 0 Å². The van der Waals surface area contributed by atoms with E-state index in [0.717, 1.165) is 0 Å². The molecule has 1 aromatic rings. The highest BCUT2D eigenvalue weighted by Crippen LogP contribution is 2.22. The van der Waals surface area contributed by atoms with Crippen molar-refractivity contribution < 1.29 is 23.9 Å². The van der Waals surface area contributed by atoms with Gasteiger partial charge in [0.1, 0.15) is 0 Å². The first-order valence-electron chi connectivity index (χ1n) is 8.94. The van der Waals surface area contributed by atoms with E-state index in [4.69, 9.17) is 9.47 Å². The first-order chi connectivity index (χ1) is 12.6. The molecule has 140 valence electrons. The number of hydrogen-bond acceptors (Lipinski definition) is 5. The summed E-state index contributed by atoms with van der Waals surface area (Å²) >= 11 is 0. The van der Waals surface area contributed by atoms with E-state index >= 15 is 0 Å². The Bertz CT molecular complexity index is 676. The molecule has 26 heavy (non-hydrogen) atoms. The van der Waals surface area contributed by atoms with Crippen molar-refractivity contribution in [2.75, 3.05) is 46.5 Å². The Morgan fingerprint density at radius 1 is 1.00 bits per heavy atom. The van der Waals surface area contributed by atoms with Crippen LogP contribution in [0, 0.1) is 5.92 Å². The van der Waals surface area contributed by atoms with Crippen LogP contribution >= 0.6 is 0 Å². The molecular weight excluding hydrogens is 336 g/mol. The minimum Gasteiger partial charge on any atom is -0.465 e. The summed E-state index contributed by atoms with van der Waals surface area (Å²) in [4.78, 5) is 40.5. The maximum atomic E-state index is 12.7. The summed E-state index contributed by atoms with van der Waals surface area (Å²) < 4.78 is 9.99. The molecule has 0 radical (unpaired) electrons. The fourth-order valence-corrected chi connectivity index (χ4v) is 3.45. The molecule has 3 rings (SSSR count). The van der Waals surface area contributed by atoms with Crippen molar-refractivity contribution in [2.24, 2.45) is 5.92 Å². The molecule has 2 fully saturated rings. The lowest BCUT2D eigenvalue weighted by Gasteiger charge is -2.35. The second kappa shape index (κ2) is 8.31. The summed E-state index contributed by atoms with van der Waals surface area (Å²) in [7, 11) is 1.31. The first kappa shape index (κ1) is 18.4. The quantitative estimate of drug-likeness (QED) is 0.757. The number of esters is 1. The van der Waals surface area contributed by atoms with E-state index in [-0.39, 0.29) is 17.7 Å². The molecule has 0 unspecified atom stereocenters. The summed E-state index contributed by atoms with van der Waals surface area (Å²) in [6, 6.07) is 6.54. The highest BCUT2D eigenvalue weighted by Gasteiger charge is 2.31. The lowest BCUT2D eigenvalue weighted by Crippen LogP contribution is -2.47. The van der Waals surface area contributed by atoms with E-state index in [1.165, 1.54) is 7.11 Å². The molecule has 0 spiro atoms. The van der Waals surface area contributed by atoms with Crippen molar-refractivity contribution in [3.63, 3.8) is 0 Å². The molecule has 0 saturated carbocycles. The van der Waals surface area contributed by atoms with Crippen LogP contribution < -0.4 is 0 Å². The van der Waals surface area contributed by atoms with Crippen molar-refractivity contribution in [2.45, 2.75) is 12.8 Å². The highest BCUT2D eigenvalue weighted by atomic mass is 16.5. The number of benzene rings is 1. The average Bonchev–Trinajstić information content (AvgIpc) is 2.73. The monoisotopic (exact) mass is 360 g/mol. The van der Waals surface area contributed by atoms with Crippen molar-refractivity contribution in [3.8, 4) is 0 Å². The SMILES string of the molecule is COC(=O)c1cccc(C(=O)N2CCC(C(=O)N3CCOCC3)CC2)c1. The Kier molecular flexibility index (Phi) is 5.88. The number of morpholine rings is 1. The number of rotatable bonds is 3. The van der Waals surface area contributed by atoms with Gasteiger partial charge in [-0.15, -0.1) is 0 Å². The Hall–Kier alpha value is -2.41. The minimum atomic E-state index is -0.463. The molecule has 2 aliphatic rings. The molecule has 7 nitrogen and oxygen atoms in total. The molecule has 0 aromatic heterocycles. The number of likely N-dealkylation sites (tertiary alicyclic amines) is 1. The van der Waals surface area contributed by atoms with Crippen LogP contribution in [0.2, 0.25) is 0 Å². The third-order valence-electron chi connectivity index (χ3n) is 4.98. The van der Waals surface area contributed by atoms with E-state index in [1.807, 2.05) is 4.90 Å². The van der Waals surface area contributed by atoms with Crippen LogP contribution in [-0.2, 0) is 14.3 Å². The number of carbonyl (C=O) groups is 3. The molecular formula is C19H24N2O5. The number of ether oxygens (including phenoxy) is 2. The topological polar surface area (TPSA) is 76.2 Å². The lowest BCUT2D eigenvalue weighted by molar-refractivity contribution is -0.141. The lowest BCUT2D eigenvalue weighted by atomic mass is 9.94. The van der Waals surface area contributed by atoms with Crippen LogP contribution in [0.1, 0.15) is 33.6 Å². The smallest absolute Gasteiger partial charge is 0.337 e. The molecule has 2 aliphatic heterocycles. The van der Waals surface area contributed by atoms with Gasteiger partial charge in [-0.05, 0) is 31.0 Å². The summed E-state index contributed by atoms with van der Waals surface area (Å²) in [5.74, 6) is -0.436. The number of methoxy groups -OCH3 is 1. The van der Waals surface area contributed by atoms with Gasteiger partial charge < -0.3 is 19.3 Å². The zero-order valence-corrected chi connectivity index (χ0v) is 15.0. The van der Waals surface area contributed by atoms with E-state index in [1.54, 1.807) is 29.2 Å². The van der Waals surface area contributed by atoms with Gasteiger partial charge in [0.05, 0.1) is 25.9 Å². The van der Waals surface area contributed by atoms with Crippen molar-refractivity contribution >= 4 is 17.8 Å². The molecule has 2 saturated heterocycles. The van der Waals surface area contributed by atoms with Gasteiger partial charge in [0.25, 0.3) is 5.91 Å². The standard InChI is InChI=1S/C19H24N2O5/c1-25-19(24)16-4-2-3-15(13-16)18(23)20-7-5-14(6-8-20)17(22)21-9-11-26-12-10-21/h2-4,13-14H,5-12H2,1H3. The maximum absolute atomic E-state index is 12.7. The van der Waals surface area contributed by atoms with Gasteiger partial charge in [-0.25, -0.2) is 4.79 Å². The maximum Gasteiger partial charge on any atom is 0.337 e. The van der Waals surface area contributed by atoms with E-state index < -0.39 is 5.97 Å². The normalized spacial score (nSPS) is 18.5. The first-order valence-corrected chi connectivity index (χ1v) is 8.94. The van der Waals surface area contributed by atoms with Crippen molar-refractivity contribution in [1.29, 1.82) is 0 Å². The molecule has 2 amide bonds. The number of piperidine rings is 1. The Morgan fingerprint density at radius 2 is 1.65 bits per heavy atom. The molecule has 2 heterocycles. The van der Waals surface area contributed by atoms with Crippen molar-refractivity contribution in [1.82, 2.24) is 9.80 Å². The highest BCUT2D eigenvalue weighted by molar-refractivity contribution is 5.98. The van der Waals surface area contributed by atoms with Crippen LogP contribution in [0.3, 0.4) is 0 Å². The molecule has 7 heteroatoms. The van der Waals surface area contributed by atoms with Crippen LogP contribution in [0.25, 0.3) is 0 Å². The van der Waals surface area contributed by atoms with E-state index in [9.17, 15) is 14.4 Å². The van der Waals surface area contributed by atoms with Crippen LogP contribution in [0.15, 0.2) is 24.3 Å². The third-order valence-corrected chi connectivity index (χ3v) is 4.98.